The first-order chi connectivity index (χ1) is 12.2. The van der Waals surface area contributed by atoms with Crippen molar-refractivity contribution in [3.05, 3.63) is 54.1 Å². The van der Waals surface area contributed by atoms with E-state index in [9.17, 15) is 9.90 Å². The van der Waals surface area contributed by atoms with Crippen LogP contribution in [0.3, 0.4) is 0 Å². The van der Waals surface area contributed by atoms with Gasteiger partial charge in [0.25, 0.3) is 5.91 Å². The van der Waals surface area contributed by atoms with Crippen molar-refractivity contribution in [3.63, 3.8) is 0 Å². The summed E-state index contributed by atoms with van der Waals surface area (Å²) in [6.07, 6.45) is 1.39. The fraction of sp³-hybridized carbons (Fsp3) is 0.350. The van der Waals surface area contributed by atoms with Gasteiger partial charge in [0.2, 0.25) is 0 Å². The largest absolute Gasteiger partial charge is 0.492 e. The normalized spacial score (nSPS) is 15.0. The lowest BCUT2D eigenvalue weighted by Crippen LogP contribution is -2.35. The quantitative estimate of drug-likeness (QED) is 0.877. The van der Waals surface area contributed by atoms with E-state index in [-0.39, 0.29) is 12.0 Å². The third-order valence-electron chi connectivity index (χ3n) is 4.39. The molecule has 3 rings (SSSR count). The van der Waals surface area contributed by atoms with Crippen molar-refractivity contribution in [2.45, 2.75) is 25.9 Å². The van der Waals surface area contributed by atoms with Crippen molar-refractivity contribution in [1.82, 2.24) is 0 Å². The van der Waals surface area contributed by atoms with Crippen LogP contribution in [0.1, 0.15) is 30.1 Å². The van der Waals surface area contributed by atoms with E-state index in [1.807, 2.05) is 55.5 Å². The van der Waals surface area contributed by atoms with Gasteiger partial charge in [0.1, 0.15) is 5.75 Å². The number of para-hydroxylation sites is 2. The second kappa shape index (κ2) is 8.03. The Bertz CT molecular complexity index is 707. The Morgan fingerprint density at radius 3 is 2.52 bits per heavy atom. The number of rotatable bonds is 5. The molecule has 0 unspecified atom stereocenters. The molecule has 0 atom stereocenters. The van der Waals surface area contributed by atoms with Gasteiger partial charge in [-0.15, -0.1) is 0 Å². The van der Waals surface area contributed by atoms with Gasteiger partial charge in [-0.05, 0) is 56.2 Å². The summed E-state index contributed by atoms with van der Waals surface area (Å²) in [6, 6.07) is 15.0. The number of piperidine rings is 1. The Morgan fingerprint density at radius 2 is 1.84 bits per heavy atom. The maximum Gasteiger partial charge on any atom is 0.255 e. The summed E-state index contributed by atoms with van der Waals surface area (Å²) in [5.41, 5.74) is 2.36. The van der Waals surface area contributed by atoms with Crippen molar-refractivity contribution in [3.8, 4) is 5.75 Å². The maximum absolute atomic E-state index is 12.5. The second-order valence-electron chi connectivity index (χ2n) is 6.15. The summed E-state index contributed by atoms with van der Waals surface area (Å²) in [5.74, 6) is 0.509. The van der Waals surface area contributed by atoms with Crippen molar-refractivity contribution in [2.75, 3.05) is 29.9 Å². The maximum atomic E-state index is 12.5. The van der Waals surface area contributed by atoms with E-state index in [0.717, 1.165) is 31.6 Å². The molecule has 1 heterocycles. The van der Waals surface area contributed by atoms with Crippen LogP contribution in [0.25, 0.3) is 0 Å². The van der Waals surface area contributed by atoms with Gasteiger partial charge >= 0.3 is 0 Å². The van der Waals surface area contributed by atoms with Crippen LogP contribution >= 0.6 is 0 Å². The molecule has 2 N–H and O–H groups in total. The third kappa shape index (κ3) is 4.31. The molecule has 1 saturated heterocycles. The molecular formula is C20H24N2O3. The molecule has 5 heteroatoms. The SMILES string of the molecule is CCOc1ccccc1NC(=O)c1ccc(N2CCC(O)CC2)cc1. The van der Waals surface area contributed by atoms with Gasteiger partial charge in [0, 0.05) is 24.3 Å². The fourth-order valence-electron chi connectivity index (χ4n) is 2.99. The molecule has 0 aliphatic carbocycles. The van der Waals surface area contributed by atoms with E-state index in [1.54, 1.807) is 0 Å². The molecule has 0 saturated carbocycles. The van der Waals surface area contributed by atoms with Gasteiger partial charge in [0.15, 0.2) is 0 Å². The van der Waals surface area contributed by atoms with Gasteiger partial charge in [-0.25, -0.2) is 0 Å². The van der Waals surface area contributed by atoms with E-state index in [4.69, 9.17) is 4.74 Å². The van der Waals surface area contributed by atoms with Crippen molar-refractivity contribution in [2.24, 2.45) is 0 Å². The number of hydrogen-bond donors (Lipinski definition) is 2. The molecule has 0 radical (unpaired) electrons. The molecule has 0 aromatic heterocycles. The van der Waals surface area contributed by atoms with Gasteiger partial charge < -0.3 is 20.1 Å². The molecule has 5 nitrogen and oxygen atoms in total. The number of hydrogen-bond acceptors (Lipinski definition) is 4. The molecule has 0 bridgehead atoms. The Balaban J connectivity index is 1.67. The highest BCUT2D eigenvalue weighted by molar-refractivity contribution is 6.05. The van der Waals surface area contributed by atoms with E-state index >= 15 is 0 Å². The van der Waals surface area contributed by atoms with Crippen LogP contribution in [-0.2, 0) is 0 Å². The molecule has 1 amide bonds. The Labute approximate surface area is 148 Å². The van der Waals surface area contributed by atoms with Gasteiger partial charge in [0.05, 0.1) is 18.4 Å². The molecule has 25 heavy (non-hydrogen) atoms. The molecule has 1 aliphatic rings. The van der Waals surface area contributed by atoms with Crippen LogP contribution in [0.4, 0.5) is 11.4 Å². The zero-order valence-electron chi connectivity index (χ0n) is 14.4. The first kappa shape index (κ1) is 17.3. The summed E-state index contributed by atoms with van der Waals surface area (Å²) in [7, 11) is 0. The van der Waals surface area contributed by atoms with E-state index in [0.29, 0.717) is 23.6 Å². The minimum absolute atomic E-state index is 0.159. The number of amides is 1. The predicted molar refractivity (Wildman–Crippen MR) is 99.5 cm³/mol. The van der Waals surface area contributed by atoms with Crippen LogP contribution in [0, 0.1) is 0 Å². The Kier molecular flexibility index (Phi) is 5.56. The number of anilines is 2. The summed E-state index contributed by atoms with van der Waals surface area (Å²) in [4.78, 5) is 14.7. The van der Waals surface area contributed by atoms with Crippen LogP contribution in [0.5, 0.6) is 5.75 Å². The lowest BCUT2D eigenvalue weighted by atomic mass is 10.1. The highest BCUT2D eigenvalue weighted by atomic mass is 16.5. The average molecular weight is 340 g/mol. The van der Waals surface area contributed by atoms with E-state index in [2.05, 4.69) is 10.2 Å². The monoisotopic (exact) mass is 340 g/mol. The minimum Gasteiger partial charge on any atom is -0.492 e. The lowest BCUT2D eigenvalue weighted by Gasteiger charge is -2.31. The zero-order valence-corrected chi connectivity index (χ0v) is 14.4. The number of carbonyl (C=O) groups excluding carboxylic acids is 1. The summed E-state index contributed by atoms with van der Waals surface area (Å²) < 4.78 is 5.54. The fourth-order valence-corrected chi connectivity index (χ4v) is 2.99. The van der Waals surface area contributed by atoms with Gasteiger partial charge in [-0.2, -0.15) is 0 Å². The van der Waals surface area contributed by atoms with Crippen LogP contribution in [0.2, 0.25) is 0 Å². The zero-order chi connectivity index (χ0) is 17.6. The molecule has 1 fully saturated rings. The smallest absolute Gasteiger partial charge is 0.255 e. The summed E-state index contributed by atoms with van der Waals surface area (Å²) in [6.45, 7) is 4.14. The van der Waals surface area contributed by atoms with Crippen molar-refractivity contribution in [1.29, 1.82) is 0 Å². The summed E-state index contributed by atoms with van der Waals surface area (Å²) >= 11 is 0. The molecule has 1 aliphatic heterocycles. The second-order valence-corrected chi connectivity index (χ2v) is 6.15. The molecular weight excluding hydrogens is 316 g/mol. The molecule has 0 spiro atoms. The van der Waals surface area contributed by atoms with E-state index in [1.165, 1.54) is 0 Å². The average Bonchev–Trinajstić information content (AvgIpc) is 2.64. The van der Waals surface area contributed by atoms with Crippen LogP contribution in [0.15, 0.2) is 48.5 Å². The topological polar surface area (TPSA) is 61.8 Å². The lowest BCUT2D eigenvalue weighted by molar-refractivity contribution is 0.102. The Morgan fingerprint density at radius 1 is 1.16 bits per heavy atom. The number of nitrogens with one attached hydrogen (secondary N) is 1. The highest BCUT2D eigenvalue weighted by Gasteiger charge is 2.17. The predicted octanol–water partition coefficient (Wildman–Crippen LogP) is 3.30. The molecule has 2 aromatic rings. The van der Waals surface area contributed by atoms with E-state index < -0.39 is 0 Å². The third-order valence-corrected chi connectivity index (χ3v) is 4.39. The number of aliphatic hydroxyl groups excluding tert-OH is 1. The van der Waals surface area contributed by atoms with Crippen molar-refractivity contribution < 1.29 is 14.6 Å². The first-order valence-electron chi connectivity index (χ1n) is 8.73. The highest BCUT2D eigenvalue weighted by Crippen LogP contribution is 2.25. The molecule has 2 aromatic carbocycles. The van der Waals surface area contributed by atoms with Gasteiger partial charge in [-0.1, -0.05) is 12.1 Å². The number of aliphatic hydroxyl groups is 1. The standard InChI is InChI=1S/C20H24N2O3/c1-2-25-19-6-4-3-5-18(19)21-20(24)15-7-9-16(10-8-15)22-13-11-17(23)12-14-22/h3-10,17,23H,2,11-14H2,1H3,(H,21,24). The summed E-state index contributed by atoms with van der Waals surface area (Å²) in [5, 5.41) is 12.5. The number of ether oxygens (including phenoxy) is 1. The van der Waals surface area contributed by atoms with Crippen LogP contribution < -0.4 is 15.0 Å². The Hall–Kier alpha value is -2.53. The van der Waals surface area contributed by atoms with Crippen LogP contribution in [-0.4, -0.2) is 36.8 Å². The number of carbonyl (C=O) groups is 1. The number of benzene rings is 2. The van der Waals surface area contributed by atoms with Gasteiger partial charge in [-0.3, -0.25) is 4.79 Å². The number of nitrogens with zero attached hydrogens (tertiary/aromatic N) is 1. The minimum atomic E-state index is -0.188. The first-order valence-corrected chi connectivity index (χ1v) is 8.73. The van der Waals surface area contributed by atoms with Crippen molar-refractivity contribution >= 4 is 17.3 Å². The molecule has 132 valence electrons.